The zero-order valence-electron chi connectivity index (χ0n) is 18.3. The molecule has 1 amide bonds. The number of hydrogen-bond acceptors (Lipinski definition) is 6. The van der Waals surface area contributed by atoms with Gasteiger partial charge in [0.2, 0.25) is 5.89 Å². The van der Waals surface area contributed by atoms with Gasteiger partial charge >= 0.3 is 0 Å². The largest absolute Gasteiger partial charge is 0.340 e. The van der Waals surface area contributed by atoms with E-state index in [1.165, 1.54) is 12.1 Å². The number of amides is 1. The number of nitrogens with one attached hydrogen (secondary N) is 2. The van der Waals surface area contributed by atoms with Gasteiger partial charge in [-0.3, -0.25) is 9.52 Å². The fourth-order valence-electron chi connectivity index (χ4n) is 4.10. The smallest absolute Gasteiger partial charge is 0.261 e. The molecule has 0 atom stereocenters. The molecule has 9 heteroatoms. The summed E-state index contributed by atoms with van der Waals surface area (Å²) >= 11 is 0. The molecule has 1 aromatic heterocycles. The van der Waals surface area contributed by atoms with Crippen LogP contribution in [0.4, 0.5) is 5.69 Å². The number of carbonyl (C=O) groups excluding carboxylic acids is 1. The van der Waals surface area contributed by atoms with Gasteiger partial charge in [-0.1, -0.05) is 36.2 Å². The molecule has 0 bridgehead atoms. The highest BCUT2D eigenvalue weighted by molar-refractivity contribution is 7.92. The van der Waals surface area contributed by atoms with Gasteiger partial charge in [-0.2, -0.15) is 4.98 Å². The Morgan fingerprint density at radius 1 is 1.06 bits per heavy atom. The average Bonchev–Trinajstić information content (AvgIpc) is 3.37. The maximum absolute atomic E-state index is 13.3. The highest BCUT2D eigenvalue weighted by atomic mass is 32.2. The second kappa shape index (κ2) is 8.38. The first-order valence-electron chi connectivity index (χ1n) is 10.5. The van der Waals surface area contributed by atoms with Crippen LogP contribution >= 0.6 is 0 Å². The van der Waals surface area contributed by atoms with Crippen LogP contribution < -0.4 is 10.0 Å². The molecule has 4 rings (SSSR count). The van der Waals surface area contributed by atoms with Crippen molar-refractivity contribution < 1.29 is 17.7 Å². The van der Waals surface area contributed by atoms with Gasteiger partial charge in [-0.25, -0.2) is 8.42 Å². The molecule has 1 heterocycles. The Labute approximate surface area is 187 Å². The minimum Gasteiger partial charge on any atom is -0.340 e. The molecule has 1 aliphatic carbocycles. The molecular weight excluding hydrogens is 428 g/mol. The van der Waals surface area contributed by atoms with E-state index in [1.54, 1.807) is 38.1 Å². The molecule has 32 heavy (non-hydrogen) atoms. The van der Waals surface area contributed by atoms with E-state index in [-0.39, 0.29) is 10.8 Å². The number of hydrogen-bond donors (Lipinski definition) is 2. The fourth-order valence-corrected chi connectivity index (χ4v) is 5.17. The summed E-state index contributed by atoms with van der Waals surface area (Å²) in [6.07, 6.45) is 3.26. The second-order valence-electron chi connectivity index (χ2n) is 8.33. The molecule has 0 unspecified atom stereocenters. The lowest BCUT2D eigenvalue weighted by Crippen LogP contribution is -2.45. The molecule has 3 aromatic rings. The number of nitrogens with zero attached hydrogens (tertiary/aromatic N) is 2. The minimum atomic E-state index is -3.86. The Bertz CT molecular complexity index is 1260. The maximum Gasteiger partial charge on any atom is 0.261 e. The van der Waals surface area contributed by atoms with Gasteiger partial charge in [0.15, 0.2) is 5.82 Å². The van der Waals surface area contributed by atoms with Crippen molar-refractivity contribution in [1.29, 1.82) is 0 Å². The number of aromatic nitrogens is 2. The van der Waals surface area contributed by atoms with Crippen LogP contribution in [0.2, 0.25) is 0 Å². The number of anilines is 1. The molecule has 0 radical (unpaired) electrons. The highest BCUT2D eigenvalue weighted by Crippen LogP contribution is 2.37. The van der Waals surface area contributed by atoms with Crippen LogP contribution in [-0.2, 0) is 15.6 Å². The van der Waals surface area contributed by atoms with Crippen LogP contribution in [-0.4, -0.2) is 24.5 Å². The third-order valence-electron chi connectivity index (χ3n) is 5.80. The van der Waals surface area contributed by atoms with Crippen LogP contribution in [0.1, 0.15) is 58.9 Å². The summed E-state index contributed by atoms with van der Waals surface area (Å²) in [5.74, 6) is 0.537. The molecular formula is C23H26N4O4S. The van der Waals surface area contributed by atoms with Gasteiger partial charge in [-0.05, 0) is 62.1 Å². The summed E-state index contributed by atoms with van der Waals surface area (Å²) in [5, 5.41) is 7.12. The summed E-state index contributed by atoms with van der Waals surface area (Å²) in [6, 6.07) is 11.6. The van der Waals surface area contributed by atoms with Crippen molar-refractivity contribution in [2.45, 2.75) is 56.9 Å². The molecule has 168 valence electrons. The molecule has 1 aliphatic rings. The number of benzene rings is 2. The van der Waals surface area contributed by atoms with Gasteiger partial charge in [-0.15, -0.1) is 0 Å². The molecule has 0 spiro atoms. The van der Waals surface area contributed by atoms with E-state index in [0.717, 1.165) is 18.4 Å². The quantitative estimate of drug-likeness (QED) is 0.582. The zero-order valence-corrected chi connectivity index (χ0v) is 19.1. The Hall–Kier alpha value is -3.20. The summed E-state index contributed by atoms with van der Waals surface area (Å²) in [7, 11) is -3.86. The first kappa shape index (κ1) is 22.0. The van der Waals surface area contributed by atoms with Crippen molar-refractivity contribution in [3.8, 4) is 0 Å². The third kappa shape index (κ3) is 4.38. The number of rotatable bonds is 6. The number of aryl methyl sites for hydroxylation is 3. The molecule has 2 aromatic carbocycles. The summed E-state index contributed by atoms with van der Waals surface area (Å²) in [6.45, 7) is 5.37. The van der Waals surface area contributed by atoms with Crippen molar-refractivity contribution in [3.05, 3.63) is 70.9 Å². The standard InChI is InChI=1S/C23H26N4O4S/c1-15-7-6-8-18(13-15)27-32(29,30)19-10-9-16(2)20(14-19)21(28)25-23(11-4-5-12-23)22-24-17(3)31-26-22/h6-10,13-14,27H,4-5,11-12H2,1-3H3,(H,25,28). The third-order valence-corrected chi connectivity index (χ3v) is 7.18. The predicted octanol–water partition coefficient (Wildman–Crippen LogP) is 3.99. The zero-order chi connectivity index (χ0) is 22.9. The van der Waals surface area contributed by atoms with Gasteiger partial charge in [0.05, 0.1) is 4.90 Å². The molecule has 0 saturated heterocycles. The SMILES string of the molecule is Cc1cccc(NS(=O)(=O)c2ccc(C)c(C(=O)NC3(c4noc(C)n4)CCCC3)c2)c1. The van der Waals surface area contributed by atoms with Crippen molar-refractivity contribution in [3.63, 3.8) is 0 Å². The van der Waals surface area contributed by atoms with Crippen LogP contribution in [0.3, 0.4) is 0 Å². The lowest BCUT2D eigenvalue weighted by atomic mass is 9.95. The molecule has 8 nitrogen and oxygen atoms in total. The average molecular weight is 455 g/mol. The van der Waals surface area contributed by atoms with E-state index in [2.05, 4.69) is 20.2 Å². The van der Waals surface area contributed by atoms with E-state index < -0.39 is 15.6 Å². The molecule has 2 N–H and O–H groups in total. The summed E-state index contributed by atoms with van der Waals surface area (Å²) in [4.78, 5) is 17.6. The normalized spacial score (nSPS) is 15.5. The van der Waals surface area contributed by atoms with Crippen LogP contribution in [0.15, 0.2) is 51.9 Å². The fraction of sp³-hybridized carbons (Fsp3) is 0.348. The van der Waals surface area contributed by atoms with Crippen LogP contribution in [0.5, 0.6) is 0 Å². The van der Waals surface area contributed by atoms with Gasteiger partial charge < -0.3 is 9.84 Å². The summed E-state index contributed by atoms with van der Waals surface area (Å²) < 4.78 is 33.6. The Balaban J connectivity index is 1.63. The highest BCUT2D eigenvalue weighted by Gasteiger charge is 2.41. The molecule has 0 aliphatic heterocycles. The number of carbonyl (C=O) groups is 1. The maximum atomic E-state index is 13.3. The van der Waals surface area contributed by atoms with Crippen molar-refractivity contribution in [1.82, 2.24) is 15.5 Å². The van der Waals surface area contributed by atoms with E-state index in [4.69, 9.17) is 4.52 Å². The first-order chi connectivity index (χ1) is 15.2. The van der Waals surface area contributed by atoms with Crippen LogP contribution in [0, 0.1) is 20.8 Å². The number of sulfonamides is 1. The topological polar surface area (TPSA) is 114 Å². The molecule has 1 saturated carbocycles. The van der Waals surface area contributed by atoms with E-state index in [0.29, 0.717) is 41.4 Å². The lowest BCUT2D eigenvalue weighted by Gasteiger charge is -2.27. The lowest BCUT2D eigenvalue weighted by molar-refractivity contribution is 0.0891. The minimum absolute atomic E-state index is 0.0191. The van der Waals surface area contributed by atoms with Gasteiger partial charge in [0.25, 0.3) is 15.9 Å². The van der Waals surface area contributed by atoms with E-state index in [9.17, 15) is 13.2 Å². The van der Waals surface area contributed by atoms with Crippen molar-refractivity contribution >= 4 is 21.6 Å². The molecule has 1 fully saturated rings. The van der Waals surface area contributed by atoms with Crippen molar-refractivity contribution in [2.24, 2.45) is 0 Å². The van der Waals surface area contributed by atoms with Crippen LogP contribution in [0.25, 0.3) is 0 Å². The Morgan fingerprint density at radius 2 is 1.81 bits per heavy atom. The Morgan fingerprint density at radius 3 is 2.47 bits per heavy atom. The monoisotopic (exact) mass is 454 g/mol. The summed E-state index contributed by atoms with van der Waals surface area (Å²) in [5.41, 5.74) is 1.66. The van der Waals surface area contributed by atoms with E-state index >= 15 is 0 Å². The first-order valence-corrected chi connectivity index (χ1v) is 12.0. The van der Waals surface area contributed by atoms with Gasteiger partial charge in [0, 0.05) is 18.2 Å². The van der Waals surface area contributed by atoms with Crippen molar-refractivity contribution in [2.75, 3.05) is 4.72 Å². The second-order valence-corrected chi connectivity index (χ2v) is 10.0. The Kier molecular flexibility index (Phi) is 5.77. The predicted molar refractivity (Wildman–Crippen MR) is 120 cm³/mol. The van der Waals surface area contributed by atoms with E-state index in [1.807, 2.05) is 13.0 Å². The van der Waals surface area contributed by atoms with Gasteiger partial charge in [0.1, 0.15) is 5.54 Å².